The zero-order valence-corrected chi connectivity index (χ0v) is 8.95. The molecule has 15 heavy (non-hydrogen) atoms. The quantitative estimate of drug-likeness (QED) is 0.745. The summed E-state index contributed by atoms with van der Waals surface area (Å²) >= 11 is 1.37. The molecule has 0 amide bonds. The van der Waals surface area contributed by atoms with Gasteiger partial charge in [-0.15, -0.1) is 0 Å². The summed E-state index contributed by atoms with van der Waals surface area (Å²) in [5, 5.41) is 1.43. The summed E-state index contributed by atoms with van der Waals surface area (Å²) in [6, 6.07) is 9.66. The minimum atomic E-state index is 0.430. The molecule has 0 saturated heterocycles. The molecule has 1 aromatic heterocycles. The number of benzene rings is 1. The number of hydrogen-bond acceptors (Lipinski definition) is 4. The molecule has 0 bridgehead atoms. The van der Waals surface area contributed by atoms with Crippen LogP contribution in [0.15, 0.2) is 30.3 Å². The Hall–Kier alpha value is -1.68. The molecular formula is C11H9NO2S. The van der Waals surface area contributed by atoms with Crippen LogP contribution < -0.4 is 4.74 Å². The predicted molar refractivity (Wildman–Crippen MR) is 59.0 cm³/mol. The van der Waals surface area contributed by atoms with Crippen molar-refractivity contribution in [1.82, 2.24) is 4.98 Å². The monoisotopic (exact) mass is 219 g/mol. The van der Waals surface area contributed by atoms with Gasteiger partial charge in [0, 0.05) is 5.56 Å². The summed E-state index contributed by atoms with van der Waals surface area (Å²) in [6.07, 6.45) is 0. The molecule has 0 spiro atoms. The molecule has 0 unspecified atom stereocenters. The highest BCUT2D eigenvalue weighted by Crippen LogP contribution is 2.34. The fraction of sp³-hybridized carbons (Fsp3) is 0.0909. The topological polar surface area (TPSA) is 39.2 Å². The SMILES string of the molecule is Cc1nc(-c2ccccc2)c(OC=O)s1. The Labute approximate surface area is 91.4 Å². The number of carbonyl (C=O) groups excluding carboxylic acids is 1. The van der Waals surface area contributed by atoms with E-state index in [1.807, 2.05) is 37.3 Å². The van der Waals surface area contributed by atoms with E-state index in [0.29, 0.717) is 11.5 Å². The summed E-state index contributed by atoms with van der Waals surface area (Å²) in [4.78, 5) is 14.7. The Balaban J connectivity index is 2.47. The summed E-state index contributed by atoms with van der Waals surface area (Å²) < 4.78 is 4.89. The third kappa shape index (κ3) is 2.05. The van der Waals surface area contributed by atoms with Crippen molar-refractivity contribution < 1.29 is 9.53 Å². The van der Waals surface area contributed by atoms with Crippen LogP contribution >= 0.6 is 11.3 Å². The van der Waals surface area contributed by atoms with E-state index in [0.717, 1.165) is 16.3 Å². The lowest BCUT2D eigenvalue weighted by atomic mass is 10.2. The molecule has 0 radical (unpaired) electrons. The van der Waals surface area contributed by atoms with Gasteiger partial charge in [-0.3, -0.25) is 4.79 Å². The fourth-order valence-corrected chi connectivity index (χ4v) is 2.06. The molecule has 76 valence electrons. The average Bonchev–Trinajstić information content (AvgIpc) is 2.62. The molecule has 4 heteroatoms. The van der Waals surface area contributed by atoms with Gasteiger partial charge in [-0.05, 0) is 6.92 Å². The third-order valence-electron chi connectivity index (χ3n) is 1.91. The Morgan fingerprint density at radius 2 is 2.07 bits per heavy atom. The number of ether oxygens (including phenoxy) is 1. The Bertz CT molecular complexity index is 465. The van der Waals surface area contributed by atoms with Gasteiger partial charge in [0.2, 0.25) is 5.06 Å². The highest BCUT2D eigenvalue weighted by molar-refractivity contribution is 7.14. The summed E-state index contributed by atoms with van der Waals surface area (Å²) in [5.41, 5.74) is 1.68. The number of aryl methyl sites for hydroxylation is 1. The molecule has 3 nitrogen and oxygen atoms in total. The molecule has 0 saturated carbocycles. The smallest absolute Gasteiger partial charge is 0.299 e. The van der Waals surface area contributed by atoms with E-state index in [2.05, 4.69) is 4.98 Å². The fourth-order valence-electron chi connectivity index (χ4n) is 1.31. The van der Waals surface area contributed by atoms with E-state index in [9.17, 15) is 4.79 Å². The number of aromatic nitrogens is 1. The largest absolute Gasteiger partial charge is 0.415 e. The van der Waals surface area contributed by atoms with Crippen molar-refractivity contribution in [2.45, 2.75) is 6.92 Å². The van der Waals surface area contributed by atoms with Crippen LogP contribution in [0.25, 0.3) is 11.3 Å². The average molecular weight is 219 g/mol. The number of hydrogen-bond donors (Lipinski definition) is 0. The predicted octanol–water partition coefficient (Wildman–Crippen LogP) is 2.65. The zero-order chi connectivity index (χ0) is 10.7. The first-order valence-corrected chi connectivity index (χ1v) is 5.26. The first kappa shape index (κ1) is 9.86. The maximum Gasteiger partial charge on any atom is 0.299 e. The second-order valence-corrected chi connectivity index (χ2v) is 4.11. The van der Waals surface area contributed by atoms with E-state index >= 15 is 0 Å². The molecule has 0 aliphatic carbocycles. The highest BCUT2D eigenvalue weighted by Gasteiger charge is 2.11. The third-order valence-corrected chi connectivity index (χ3v) is 2.77. The van der Waals surface area contributed by atoms with Gasteiger partial charge in [0.1, 0.15) is 5.69 Å². The maximum atomic E-state index is 10.3. The van der Waals surface area contributed by atoms with E-state index < -0.39 is 0 Å². The Morgan fingerprint density at radius 3 is 2.73 bits per heavy atom. The molecule has 2 aromatic rings. The highest BCUT2D eigenvalue weighted by atomic mass is 32.1. The van der Waals surface area contributed by atoms with Crippen molar-refractivity contribution in [3.63, 3.8) is 0 Å². The van der Waals surface area contributed by atoms with E-state index in [4.69, 9.17) is 4.74 Å². The first-order valence-electron chi connectivity index (χ1n) is 4.44. The zero-order valence-electron chi connectivity index (χ0n) is 8.14. The number of nitrogens with zero attached hydrogens (tertiary/aromatic N) is 1. The number of rotatable bonds is 3. The van der Waals surface area contributed by atoms with Crippen LogP contribution in [0.5, 0.6) is 5.06 Å². The first-order chi connectivity index (χ1) is 7.31. The van der Waals surface area contributed by atoms with Crippen molar-refractivity contribution in [2.75, 3.05) is 0 Å². The molecule has 0 aliphatic rings. The molecular weight excluding hydrogens is 210 g/mol. The molecule has 0 fully saturated rings. The molecule has 0 atom stereocenters. The van der Waals surface area contributed by atoms with Gasteiger partial charge >= 0.3 is 0 Å². The normalized spacial score (nSPS) is 9.93. The van der Waals surface area contributed by atoms with Gasteiger partial charge in [-0.25, -0.2) is 4.98 Å². The minimum Gasteiger partial charge on any atom is -0.415 e. The van der Waals surface area contributed by atoms with Crippen LogP contribution in [0.3, 0.4) is 0 Å². The summed E-state index contributed by atoms with van der Waals surface area (Å²) in [5.74, 6) is 0. The van der Waals surface area contributed by atoms with Crippen LogP contribution in [0.2, 0.25) is 0 Å². The van der Waals surface area contributed by atoms with E-state index in [-0.39, 0.29) is 0 Å². The minimum absolute atomic E-state index is 0.430. The number of carbonyl (C=O) groups is 1. The van der Waals surface area contributed by atoms with Crippen LogP contribution in [-0.2, 0) is 4.79 Å². The van der Waals surface area contributed by atoms with Crippen LogP contribution in [-0.4, -0.2) is 11.5 Å². The maximum absolute atomic E-state index is 10.3. The molecule has 0 N–H and O–H groups in total. The second-order valence-electron chi connectivity index (χ2n) is 2.95. The van der Waals surface area contributed by atoms with Gasteiger partial charge in [-0.1, -0.05) is 41.7 Å². The lowest BCUT2D eigenvalue weighted by Gasteiger charge is -1.98. The number of thiazole rings is 1. The molecule has 2 rings (SSSR count). The lowest BCUT2D eigenvalue weighted by Crippen LogP contribution is -1.88. The molecule has 1 heterocycles. The van der Waals surface area contributed by atoms with Crippen molar-refractivity contribution in [2.24, 2.45) is 0 Å². The second kappa shape index (κ2) is 4.23. The standard InChI is InChI=1S/C11H9NO2S/c1-8-12-10(11(15-8)14-7-13)9-5-3-2-4-6-9/h2-7H,1H3. The van der Waals surface area contributed by atoms with Gasteiger partial charge in [0.15, 0.2) is 0 Å². The van der Waals surface area contributed by atoms with Gasteiger partial charge in [0.05, 0.1) is 5.01 Å². The van der Waals surface area contributed by atoms with Crippen molar-refractivity contribution in [1.29, 1.82) is 0 Å². The van der Waals surface area contributed by atoms with Crippen LogP contribution in [0.1, 0.15) is 5.01 Å². The van der Waals surface area contributed by atoms with Gasteiger partial charge in [0.25, 0.3) is 6.47 Å². The Kier molecular flexibility index (Phi) is 2.78. The van der Waals surface area contributed by atoms with Crippen LogP contribution in [0.4, 0.5) is 0 Å². The summed E-state index contributed by atoms with van der Waals surface area (Å²) in [6.45, 7) is 2.31. The van der Waals surface area contributed by atoms with Crippen molar-refractivity contribution >= 4 is 17.8 Å². The lowest BCUT2D eigenvalue weighted by molar-refractivity contribution is -0.120. The van der Waals surface area contributed by atoms with Gasteiger partial charge < -0.3 is 4.74 Å². The summed E-state index contributed by atoms with van der Waals surface area (Å²) in [7, 11) is 0. The Morgan fingerprint density at radius 1 is 1.33 bits per heavy atom. The molecule has 1 aromatic carbocycles. The van der Waals surface area contributed by atoms with Gasteiger partial charge in [-0.2, -0.15) is 0 Å². The molecule has 0 aliphatic heterocycles. The van der Waals surface area contributed by atoms with Crippen LogP contribution in [0, 0.1) is 6.92 Å². The van der Waals surface area contributed by atoms with E-state index in [1.165, 1.54) is 11.3 Å². The van der Waals surface area contributed by atoms with Crippen molar-refractivity contribution in [3.8, 4) is 16.3 Å². The van der Waals surface area contributed by atoms with Crippen molar-refractivity contribution in [3.05, 3.63) is 35.3 Å². The van der Waals surface area contributed by atoms with E-state index in [1.54, 1.807) is 0 Å².